The van der Waals surface area contributed by atoms with Crippen LogP contribution in [0.1, 0.15) is 77.2 Å². The Kier molecular flexibility index (Phi) is 6.31. The molecule has 1 aromatic carbocycles. The van der Waals surface area contributed by atoms with Gasteiger partial charge in [0.1, 0.15) is 0 Å². The Labute approximate surface area is 188 Å². The molecule has 0 aromatic heterocycles. The van der Waals surface area contributed by atoms with E-state index in [4.69, 9.17) is 12.2 Å². The van der Waals surface area contributed by atoms with E-state index in [-0.39, 0.29) is 22.8 Å². The molecule has 1 amide bonds. The van der Waals surface area contributed by atoms with Crippen LogP contribution >= 0.6 is 0 Å². The second kappa shape index (κ2) is 8.83. The molecule has 3 aliphatic rings. The molecule has 0 heterocycles. The molecule has 4 unspecified atom stereocenters. The molecule has 0 radical (unpaired) electrons. The monoisotopic (exact) mass is 418 g/mol. The average Bonchev–Trinajstić information content (AvgIpc) is 2.78. The summed E-state index contributed by atoms with van der Waals surface area (Å²) in [5, 5.41) is 3.46. The van der Waals surface area contributed by atoms with Crippen molar-refractivity contribution in [3.63, 3.8) is 0 Å². The van der Waals surface area contributed by atoms with E-state index in [2.05, 4.69) is 55.4 Å². The van der Waals surface area contributed by atoms with Crippen LogP contribution in [0.5, 0.6) is 0 Å². The van der Waals surface area contributed by atoms with Crippen LogP contribution in [0.4, 0.5) is 0 Å². The smallest absolute Gasteiger partial charge is 0.226 e. The molecule has 4 rings (SSSR count). The maximum absolute atomic E-state index is 13.8. The van der Waals surface area contributed by atoms with Gasteiger partial charge in [-0.05, 0) is 86.7 Å². The van der Waals surface area contributed by atoms with Crippen molar-refractivity contribution in [2.45, 2.75) is 89.1 Å². The van der Waals surface area contributed by atoms with Crippen LogP contribution in [0.3, 0.4) is 0 Å². The molecular weight excluding hydrogens is 380 g/mol. The number of terminal acetylenes is 1. The van der Waals surface area contributed by atoms with Gasteiger partial charge in [-0.2, -0.15) is 0 Å². The van der Waals surface area contributed by atoms with Gasteiger partial charge in [-0.25, -0.2) is 0 Å². The number of carbonyl (C=O) groups excluding carboxylic acids is 1. The van der Waals surface area contributed by atoms with E-state index in [1.165, 1.54) is 11.1 Å². The fourth-order valence-electron chi connectivity index (χ4n) is 7.00. The van der Waals surface area contributed by atoms with Gasteiger partial charge in [-0.15, -0.1) is 6.42 Å². The summed E-state index contributed by atoms with van der Waals surface area (Å²) in [6.45, 7) is 4.52. The van der Waals surface area contributed by atoms with Crippen molar-refractivity contribution < 1.29 is 4.79 Å². The van der Waals surface area contributed by atoms with E-state index in [9.17, 15) is 4.79 Å². The zero-order valence-electron chi connectivity index (χ0n) is 19.2. The lowest BCUT2D eigenvalue weighted by Gasteiger charge is -2.56. The van der Waals surface area contributed by atoms with E-state index >= 15 is 0 Å². The van der Waals surface area contributed by atoms with Crippen molar-refractivity contribution in [1.29, 1.82) is 0 Å². The summed E-state index contributed by atoms with van der Waals surface area (Å²) >= 11 is 0. The number of carbonyl (C=O) groups is 1. The average molecular weight is 419 g/mol. The zero-order chi connectivity index (χ0) is 22.1. The predicted octanol–water partition coefficient (Wildman–Crippen LogP) is 5.11. The van der Waals surface area contributed by atoms with Crippen molar-refractivity contribution in [3.05, 3.63) is 47.5 Å². The van der Waals surface area contributed by atoms with Crippen LogP contribution in [0.25, 0.3) is 0 Å². The molecule has 3 N–H and O–H groups in total. The Bertz CT molecular complexity index is 857. The molecule has 0 saturated heterocycles. The summed E-state index contributed by atoms with van der Waals surface area (Å²) in [6.07, 6.45) is 16.6. The molecule has 31 heavy (non-hydrogen) atoms. The van der Waals surface area contributed by atoms with Gasteiger partial charge in [0, 0.05) is 12.1 Å². The topological polar surface area (TPSA) is 55.1 Å². The van der Waals surface area contributed by atoms with Crippen LogP contribution in [-0.4, -0.2) is 18.0 Å². The van der Waals surface area contributed by atoms with E-state index in [1.807, 2.05) is 6.08 Å². The van der Waals surface area contributed by atoms with Crippen molar-refractivity contribution in [3.8, 4) is 12.3 Å². The fraction of sp³-hybridized carbons (Fsp3) is 0.607. The number of amides is 1. The normalized spacial score (nSPS) is 39.0. The largest absolute Gasteiger partial charge is 0.353 e. The highest BCUT2D eigenvalue weighted by Crippen LogP contribution is 2.60. The first-order chi connectivity index (χ1) is 14.9. The van der Waals surface area contributed by atoms with Gasteiger partial charge in [0.2, 0.25) is 5.91 Å². The molecule has 3 heteroatoms. The minimum Gasteiger partial charge on any atom is -0.353 e. The summed E-state index contributed by atoms with van der Waals surface area (Å²) in [5.41, 5.74) is 8.55. The highest BCUT2D eigenvalue weighted by atomic mass is 16.2. The van der Waals surface area contributed by atoms with Crippen LogP contribution in [-0.2, 0) is 10.2 Å². The second-order valence-corrected chi connectivity index (χ2v) is 10.6. The van der Waals surface area contributed by atoms with E-state index in [0.29, 0.717) is 17.9 Å². The molecule has 2 bridgehead atoms. The lowest BCUT2D eigenvalue weighted by Crippen LogP contribution is -2.55. The maximum Gasteiger partial charge on any atom is 0.226 e. The fourth-order valence-corrected chi connectivity index (χ4v) is 7.00. The summed E-state index contributed by atoms with van der Waals surface area (Å²) in [7, 11) is 0. The Hall–Kier alpha value is -2.05. The second-order valence-electron chi connectivity index (χ2n) is 10.6. The van der Waals surface area contributed by atoms with Gasteiger partial charge in [-0.1, -0.05) is 55.7 Å². The van der Waals surface area contributed by atoms with Gasteiger partial charge < -0.3 is 11.1 Å². The van der Waals surface area contributed by atoms with Crippen LogP contribution in [0.2, 0.25) is 0 Å². The third kappa shape index (κ3) is 4.20. The van der Waals surface area contributed by atoms with Crippen LogP contribution in [0.15, 0.2) is 42.0 Å². The maximum atomic E-state index is 13.8. The van der Waals surface area contributed by atoms with Gasteiger partial charge in [0.05, 0.1) is 5.41 Å². The van der Waals surface area contributed by atoms with Crippen LogP contribution in [0, 0.1) is 29.6 Å². The Morgan fingerprint density at radius 1 is 1.19 bits per heavy atom. The van der Waals surface area contributed by atoms with Crippen molar-refractivity contribution in [2.75, 3.05) is 0 Å². The number of allylic oxidation sites excluding steroid dienone is 2. The van der Waals surface area contributed by atoms with Gasteiger partial charge in [-0.3, -0.25) is 4.79 Å². The summed E-state index contributed by atoms with van der Waals surface area (Å²) in [5.74, 6) is 3.88. The number of nitrogens with one attached hydrogen (secondary N) is 1. The number of rotatable bonds is 4. The highest BCUT2D eigenvalue weighted by molar-refractivity contribution is 5.83. The van der Waals surface area contributed by atoms with Crippen molar-refractivity contribution in [2.24, 2.45) is 23.0 Å². The minimum absolute atomic E-state index is 0.0395. The van der Waals surface area contributed by atoms with E-state index in [0.717, 1.165) is 57.8 Å². The zero-order valence-corrected chi connectivity index (χ0v) is 19.2. The van der Waals surface area contributed by atoms with Crippen molar-refractivity contribution >= 4 is 5.91 Å². The SMILES string of the molecule is C#C/C=C1\C(C)CC2(c3ccccc3)CC1CC(CC)(C(=O)N[C@H]1CC[C@H](N)CC1)C2. The summed E-state index contributed by atoms with van der Waals surface area (Å²) < 4.78 is 0. The number of nitrogens with two attached hydrogens (primary N) is 1. The first kappa shape index (κ1) is 22.2. The summed E-state index contributed by atoms with van der Waals surface area (Å²) in [4.78, 5) is 13.8. The standard InChI is InChI=1S/C28H38N2O/c1-4-9-25-20(3)16-28(22-10-7-6-8-11-22)18-21(25)17-27(5-2,19-28)26(31)30-24-14-12-23(29)13-15-24/h1,6-11,20-21,23-24H,5,12-19,29H2,2-3H3,(H,30,31)/b25-9+/t20?,21?,23-,24-,27?,28?. The Morgan fingerprint density at radius 3 is 2.55 bits per heavy atom. The van der Waals surface area contributed by atoms with Gasteiger partial charge in [0.25, 0.3) is 0 Å². The molecule has 3 saturated carbocycles. The third-order valence-corrected chi connectivity index (χ3v) is 8.59. The minimum atomic E-state index is -0.341. The molecule has 0 spiro atoms. The Morgan fingerprint density at radius 2 is 1.90 bits per heavy atom. The lowest BCUT2D eigenvalue weighted by atomic mass is 9.48. The number of hydrogen-bond acceptors (Lipinski definition) is 2. The highest BCUT2D eigenvalue weighted by Gasteiger charge is 2.55. The van der Waals surface area contributed by atoms with Gasteiger partial charge >= 0.3 is 0 Å². The predicted molar refractivity (Wildman–Crippen MR) is 127 cm³/mol. The first-order valence-electron chi connectivity index (χ1n) is 12.2. The molecule has 0 aliphatic heterocycles. The van der Waals surface area contributed by atoms with Crippen molar-refractivity contribution in [1.82, 2.24) is 5.32 Å². The summed E-state index contributed by atoms with van der Waals surface area (Å²) in [6, 6.07) is 11.5. The first-order valence-corrected chi connectivity index (χ1v) is 12.2. The quantitative estimate of drug-likeness (QED) is 0.668. The molecule has 4 atom stereocenters. The van der Waals surface area contributed by atoms with Gasteiger partial charge in [0.15, 0.2) is 0 Å². The lowest BCUT2D eigenvalue weighted by molar-refractivity contribution is -0.138. The Balaban J connectivity index is 1.68. The third-order valence-electron chi connectivity index (χ3n) is 8.59. The molecule has 3 fully saturated rings. The molecular formula is C28H38N2O. The van der Waals surface area contributed by atoms with Crippen LogP contribution < -0.4 is 11.1 Å². The molecule has 3 aliphatic carbocycles. The number of benzene rings is 1. The van der Waals surface area contributed by atoms with E-state index in [1.54, 1.807) is 0 Å². The van der Waals surface area contributed by atoms with E-state index < -0.39 is 0 Å². The molecule has 3 nitrogen and oxygen atoms in total. The molecule has 166 valence electrons. The number of hydrogen-bond donors (Lipinski definition) is 2. The number of fused-ring (bicyclic) bond motifs is 2. The molecule has 1 aromatic rings.